The van der Waals surface area contributed by atoms with E-state index in [0.29, 0.717) is 5.41 Å². The van der Waals surface area contributed by atoms with Gasteiger partial charge in [-0.05, 0) is 24.7 Å². The van der Waals surface area contributed by atoms with Crippen molar-refractivity contribution >= 4 is 0 Å². The standard InChI is InChI=1S/C24H52N/c1-24(2,3)22-20-18-16-14-12-10-8-7-9-11-13-15-17-19-21-23-25(4,5)6/h7-23H2,1-6H3/q+1. The normalized spacial score (nSPS) is 12.7. The van der Waals surface area contributed by atoms with Gasteiger partial charge in [-0.3, -0.25) is 0 Å². The molecule has 0 saturated carbocycles. The van der Waals surface area contributed by atoms with Gasteiger partial charge in [0.25, 0.3) is 0 Å². The molecule has 0 rings (SSSR count). The first-order valence-electron chi connectivity index (χ1n) is 11.5. The van der Waals surface area contributed by atoms with E-state index in [1.807, 2.05) is 0 Å². The molecule has 152 valence electrons. The Morgan fingerprint density at radius 1 is 0.440 bits per heavy atom. The summed E-state index contributed by atoms with van der Waals surface area (Å²) < 4.78 is 1.12. The van der Waals surface area contributed by atoms with E-state index in [0.717, 1.165) is 4.48 Å². The maximum absolute atomic E-state index is 2.36. The van der Waals surface area contributed by atoms with E-state index in [1.165, 1.54) is 109 Å². The Balaban J connectivity index is 3.08. The minimum Gasteiger partial charge on any atom is -0.331 e. The fraction of sp³-hybridized carbons (Fsp3) is 1.00. The van der Waals surface area contributed by atoms with E-state index in [-0.39, 0.29) is 0 Å². The fourth-order valence-corrected chi connectivity index (χ4v) is 3.54. The predicted octanol–water partition coefficient (Wildman–Crippen LogP) is 7.98. The van der Waals surface area contributed by atoms with Crippen LogP contribution in [-0.2, 0) is 0 Å². The van der Waals surface area contributed by atoms with Crippen molar-refractivity contribution in [2.45, 2.75) is 124 Å². The predicted molar refractivity (Wildman–Crippen MR) is 116 cm³/mol. The topological polar surface area (TPSA) is 0 Å². The molecule has 1 nitrogen and oxygen atoms in total. The van der Waals surface area contributed by atoms with Crippen LogP contribution in [0.4, 0.5) is 0 Å². The summed E-state index contributed by atoms with van der Waals surface area (Å²) in [6, 6.07) is 0. The lowest BCUT2D eigenvalue weighted by Crippen LogP contribution is -2.35. The molecular weight excluding hydrogens is 302 g/mol. The van der Waals surface area contributed by atoms with Crippen molar-refractivity contribution < 1.29 is 4.48 Å². The molecule has 1 heteroatoms. The first-order chi connectivity index (χ1) is 11.7. The Morgan fingerprint density at radius 2 is 0.720 bits per heavy atom. The second kappa shape index (κ2) is 15.1. The lowest BCUT2D eigenvalue weighted by atomic mass is 9.89. The van der Waals surface area contributed by atoms with Crippen molar-refractivity contribution in [3.05, 3.63) is 0 Å². The SMILES string of the molecule is CC(C)(C)CCCCCCCCCCCCCCCCC[N+](C)(C)C. The number of hydrogen-bond donors (Lipinski definition) is 0. The van der Waals surface area contributed by atoms with E-state index < -0.39 is 0 Å². The number of unbranched alkanes of at least 4 members (excludes halogenated alkanes) is 14. The van der Waals surface area contributed by atoms with E-state index in [2.05, 4.69) is 41.9 Å². The highest BCUT2D eigenvalue weighted by molar-refractivity contribution is 4.61. The highest BCUT2D eigenvalue weighted by Gasteiger charge is 2.08. The molecule has 0 heterocycles. The van der Waals surface area contributed by atoms with Gasteiger partial charge in [0.05, 0.1) is 27.7 Å². The summed E-state index contributed by atoms with van der Waals surface area (Å²) in [5, 5.41) is 0. The van der Waals surface area contributed by atoms with Gasteiger partial charge in [-0.25, -0.2) is 0 Å². The molecule has 0 N–H and O–H groups in total. The molecule has 0 saturated heterocycles. The fourth-order valence-electron chi connectivity index (χ4n) is 3.54. The van der Waals surface area contributed by atoms with Gasteiger partial charge in [-0.15, -0.1) is 0 Å². The summed E-state index contributed by atoms with van der Waals surface area (Å²) in [5.74, 6) is 0. The molecule has 0 fully saturated rings. The number of nitrogens with zero attached hydrogens (tertiary/aromatic N) is 1. The van der Waals surface area contributed by atoms with Crippen molar-refractivity contribution in [1.82, 2.24) is 0 Å². The number of hydrogen-bond acceptors (Lipinski definition) is 0. The van der Waals surface area contributed by atoms with Gasteiger partial charge in [0.1, 0.15) is 0 Å². The molecule has 0 aromatic rings. The molecule has 0 aromatic heterocycles. The van der Waals surface area contributed by atoms with Crippen molar-refractivity contribution in [1.29, 1.82) is 0 Å². The summed E-state index contributed by atoms with van der Waals surface area (Å²) in [6.45, 7) is 8.41. The maximum Gasteiger partial charge on any atom is 0.0780 e. The van der Waals surface area contributed by atoms with Gasteiger partial charge in [-0.2, -0.15) is 0 Å². The van der Waals surface area contributed by atoms with Crippen molar-refractivity contribution in [2.24, 2.45) is 5.41 Å². The Kier molecular flexibility index (Phi) is 15.0. The summed E-state index contributed by atoms with van der Waals surface area (Å²) in [5.41, 5.74) is 0.533. The molecule has 0 unspecified atom stereocenters. The second-order valence-corrected chi connectivity index (χ2v) is 10.6. The monoisotopic (exact) mass is 354 g/mol. The molecule has 0 aromatic carbocycles. The molecule has 0 atom stereocenters. The lowest BCUT2D eigenvalue weighted by molar-refractivity contribution is -0.870. The van der Waals surface area contributed by atoms with Crippen LogP contribution in [0.15, 0.2) is 0 Å². The van der Waals surface area contributed by atoms with Gasteiger partial charge >= 0.3 is 0 Å². The van der Waals surface area contributed by atoms with E-state index >= 15 is 0 Å². The lowest BCUT2D eigenvalue weighted by Gasteiger charge is -2.23. The molecule has 0 bridgehead atoms. The van der Waals surface area contributed by atoms with Crippen molar-refractivity contribution in [3.63, 3.8) is 0 Å². The summed E-state index contributed by atoms with van der Waals surface area (Å²) >= 11 is 0. The second-order valence-electron chi connectivity index (χ2n) is 10.6. The van der Waals surface area contributed by atoms with Crippen LogP contribution in [0.1, 0.15) is 124 Å². The molecule has 0 aliphatic heterocycles. The van der Waals surface area contributed by atoms with Gasteiger partial charge in [0.15, 0.2) is 0 Å². The molecule has 0 aliphatic rings. The molecular formula is C24H52N+. The Labute approximate surface area is 161 Å². The molecule has 25 heavy (non-hydrogen) atoms. The third kappa shape index (κ3) is 24.0. The average Bonchev–Trinajstić information content (AvgIpc) is 2.48. The summed E-state index contributed by atoms with van der Waals surface area (Å²) in [7, 11) is 6.90. The van der Waals surface area contributed by atoms with Crippen LogP contribution < -0.4 is 0 Å². The van der Waals surface area contributed by atoms with E-state index in [1.54, 1.807) is 0 Å². The van der Waals surface area contributed by atoms with Crippen molar-refractivity contribution in [2.75, 3.05) is 27.7 Å². The number of quaternary nitrogens is 1. The third-order valence-electron chi connectivity index (χ3n) is 5.26. The molecule has 0 amide bonds. The first-order valence-corrected chi connectivity index (χ1v) is 11.5. The zero-order valence-electron chi connectivity index (χ0n) is 19.0. The average molecular weight is 355 g/mol. The zero-order chi connectivity index (χ0) is 19.0. The van der Waals surface area contributed by atoms with Gasteiger partial charge in [-0.1, -0.05) is 104 Å². The molecule has 0 radical (unpaired) electrons. The Morgan fingerprint density at radius 3 is 1.00 bits per heavy atom. The minimum absolute atomic E-state index is 0.533. The van der Waals surface area contributed by atoms with E-state index in [4.69, 9.17) is 0 Å². The smallest absolute Gasteiger partial charge is 0.0780 e. The van der Waals surface area contributed by atoms with Gasteiger partial charge in [0.2, 0.25) is 0 Å². The minimum atomic E-state index is 0.533. The van der Waals surface area contributed by atoms with Crippen LogP contribution in [0.3, 0.4) is 0 Å². The molecule has 0 aliphatic carbocycles. The highest BCUT2D eigenvalue weighted by Crippen LogP contribution is 2.22. The Bertz CT molecular complexity index is 241. The van der Waals surface area contributed by atoms with Crippen molar-refractivity contribution in [3.8, 4) is 0 Å². The van der Waals surface area contributed by atoms with Gasteiger partial charge in [0, 0.05) is 0 Å². The molecule has 0 spiro atoms. The van der Waals surface area contributed by atoms with Crippen LogP contribution >= 0.6 is 0 Å². The first kappa shape index (κ1) is 25.0. The maximum atomic E-state index is 2.36. The van der Waals surface area contributed by atoms with Crippen LogP contribution in [0, 0.1) is 5.41 Å². The summed E-state index contributed by atoms with van der Waals surface area (Å²) in [6.07, 6.45) is 23.3. The van der Waals surface area contributed by atoms with Crippen LogP contribution in [0.25, 0.3) is 0 Å². The third-order valence-corrected chi connectivity index (χ3v) is 5.26. The van der Waals surface area contributed by atoms with Crippen LogP contribution in [0.5, 0.6) is 0 Å². The van der Waals surface area contributed by atoms with E-state index in [9.17, 15) is 0 Å². The number of rotatable bonds is 17. The zero-order valence-corrected chi connectivity index (χ0v) is 19.0. The summed E-state index contributed by atoms with van der Waals surface area (Å²) in [4.78, 5) is 0. The largest absolute Gasteiger partial charge is 0.331 e. The van der Waals surface area contributed by atoms with Gasteiger partial charge < -0.3 is 4.48 Å². The van der Waals surface area contributed by atoms with Crippen LogP contribution in [-0.4, -0.2) is 32.2 Å². The Hall–Kier alpha value is -0.0400. The van der Waals surface area contributed by atoms with Crippen LogP contribution in [0.2, 0.25) is 0 Å². The quantitative estimate of drug-likeness (QED) is 0.183. The highest BCUT2D eigenvalue weighted by atomic mass is 15.3.